The molecule has 0 heterocycles. The van der Waals surface area contributed by atoms with Crippen LogP contribution in [0.2, 0.25) is 0 Å². The van der Waals surface area contributed by atoms with E-state index < -0.39 is 6.10 Å². The lowest BCUT2D eigenvalue weighted by atomic mass is 10.0. The Morgan fingerprint density at radius 2 is 1.73 bits per heavy atom. The molecule has 1 atom stereocenters. The van der Waals surface area contributed by atoms with Gasteiger partial charge in [-0.2, -0.15) is 0 Å². The van der Waals surface area contributed by atoms with Crippen molar-refractivity contribution in [2.24, 2.45) is 16.8 Å². The fourth-order valence-electron chi connectivity index (χ4n) is 1.82. The standard InChI is InChI=1S/C16H35N3O2.HI/c1-6-14(7-2)9-18-16(17-8-3)19-10-15(20)12-21-11-13(4)5;/h13-15,20H,6-12H2,1-5H3,(H2,17,18,19);1H. The first kappa shape index (κ1) is 24.2. The quantitative estimate of drug-likeness (QED) is 0.269. The minimum absolute atomic E-state index is 0. The second kappa shape index (κ2) is 15.8. The van der Waals surface area contributed by atoms with Crippen LogP contribution in [0, 0.1) is 11.8 Å². The van der Waals surface area contributed by atoms with Crippen molar-refractivity contribution >= 4 is 29.9 Å². The van der Waals surface area contributed by atoms with Gasteiger partial charge in [0.1, 0.15) is 0 Å². The summed E-state index contributed by atoms with van der Waals surface area (Å²) in [4.78, 5) is 4.58. The molecule has 1 unspecified atom stereocenters. The number of nitrogens with zero attached hydrogens (tertiary/aromatic N) is 1. The molecular formula is C16H36IN3O2. The van der Waals surface area contributed by atoms with E-state index in [1.54, 1.807) is 0 Å². The van der Waals surface area contributed by atoms with Crippen LogP contribution in [0.4, 0.5) is 0 Å². The van der Waals surface area contributed by atoms with Crippen LogP contribution in [0.25, 0.3) is 0 Å². The van der Waals surface area contributed by atoms with Gasteiger partial charge >= 0.3 is 0 Å². The molecule has 0 saturated carbocycles. The first-order chi connectivity index (χ1) is 10.0. The molecule has 0 amide bonds. The van der Waals surface area contributed by atoms with Gasteiger partial charge in [-0.3, -0.25) is 4.99 Å². The lowest BCUT2D eigenvalue weighted by Crippen LogP contribution is -2.42. The first-order valence-electron chi connectivity index (χ1n) is 8.31. The number of aliphatic hydroxyl groups is 1. The largest absolute Gasteiger partial charge is 0.389 e. The van der Waals surface area contributed by atoms with Crippen LogP contribution in [0.15, 0.2) is 4.99 Å². The van der Waals surface area contributed by atoms with E-state index in [-0.39, 0.29) is 24.0 Å². The highest BCUT2D eigenvalue weighted by Gasteiger charge is 2.07. The van der Waals surface area contributed by atoms with Gasteiger partial charge in [-0.1, -0.05) is 40.5 Å². The van der Waals surface area contributed by atoms with E-state index in [2.05, 4.69) is 43.3 Å². The molecule has 3 N–H and O–H groups in total. The van der Waals surface area contributed by atoms with E-state index in [0.717, 1.165) is 31.9 Å². The van der Waals surface area contributed by atoms with Gasteiger partial charge in [-0.25, -0.2) is 0 Å². The molecule has 0 bridgehead atoms. The van der Waals surface area contributed by atoms with E-state index in [4.69, 9.17) is 4.74 Å². The van der Waals surface area contributed by atoms with Crippen LogP contribution in [-0.4, -0.2) is 50.0 Å². The van der Waals surface area contributed by atoms with Crippen molar-refractivity contribution in [3.63, 3.8) is 0 Å². The molecule has 0 fully saturated rings. The van der Waals surface area contributed by atoms with Gasteiger partial charge in [0.05, 0.1) is 12.7 Å². The SMILES string of the molecule is CCNC(=NCC(CC)CC)NCC(O)COCC(C)C.I. The second-order valence-corrected chi connectivity index (χ2v) is 5.87. The third-order valence-electron chi connectivity index (χ3n) is 3.27. The Balaban J connectivity index is 0. The molecule has 0 spiro atoms. The molecule has 0 radical (unpaired) electrons. The Bertz CT molecular complexity index is 272. The fourth-order valence-corrected chi connectivity index (χ4v) is 1.82. The number of halogens is 1. The summed E-state index contributed by atoms with van der Waals surface area (Å²) in [7, 11) is 0. The zero-order valence-electron chi connectivity index (χ0n) is 14.9. The maximum atomic E-state index is 9.88. The summed E-state index contributed by atoms with van der Waals surface area (Å²) in [5.41, 5.74) is 0. The van der Waals surface area contributed by atoms with Crippen molar-refractivity contribution in [2.45, 2.75) is 53.6 Å². The number of guanidine groups is 1. The van der Waals surface area contributed by atoms with Crippen LogP contribution in [0.3, 0.4) is 0 Å². The van der Waals surface area contributed by atoms with Gasteiger partial charge in [0.15, 0.2) is 5.96 Å². The van der Waals surface area contributed by atoms with E-state index in [1.165, 1.54) is 0 Å². The minimum Gasteiger partial charge on any atom is -0.389 e. The lowest BCUT2D eigenvalue weighted by molar-refractivity contribution is 0.0280. The van der Waals surface area contributed by atoms with Gasteiger partial charge in [-0.15, -0.1) is 24.0 Å². The van der Waals surface area contributed by atoms with Crippen molar-refractivity contribution in [1.29, 1.82) is 0 Å². The number of hydrogen-bond donors (Lipinski definition) is 3. The molecule has 134 valence electrons. The highest BCUT2D eigenvalue weighted by atomic mass is 127. The molecule has 6 heteroatoms. The minimum atomic E-state index is -0.513. The molecule has 0 aliphatic heterocycles. The van der Waals surface area contributed by atoms with Gasteiger partial charge < -0.3 is 20.5 Å². The molecule has 0 saturated heterocycles. The zero-order valence-corrected chi connectivity index (χ0v) is 17.2. The molecule has 5 nitrogen and oxygen atoms in total. The maximum absolute atomic E-state index is 9.88. The highest BCUT2D eigenvalue weighted by molar-refractivity contribution is 14.0. The fraction of sp³-hybridized carbons (Fsp3) is 0.938. The summed E-state index contributed by atoms with van der Waals surface area (Å²) in [5.74, 6) is 1.89. The summed E-state index contributed by atoms with van der Waals surface area (Å²) < 4.78 is 5.43. The second-order valence-electron chi connectivity index (χ2n) is 5.87. The smallest absolute Gasteiger partial charge is 0.191 e. The van der Waals surface area contributed by atoms with Gasteiger partial charge in [-0.05, 0) is 18.8 Å². The third kappa shape index (κ3) is 13.6. The van der Waals surface area contributed by atoms with Gasteiger partial charge in [0.25, 0.3) is 0 Å². The average Bonchev–Trinajstić information content (AvgIpc) is 2.45. The van der Waals surface area contributed by atoms with Crippen molar-refractivity contribution in [2.75, 3.05) is 32.8 Å². The predicted molar refractivity (Wildman–Crippen MR) is 105 cm³/mol. The van der Waals surface area contributed by atoms with Crippen LogP contribution < -0.4 is 10.6 Å². The lowest BCUT2D eigenvalue weighted by Gasteiger charge is -2.17. The molecule has 0 rings (SSSR count). The molecule has 0 aromatic rings. The normalized spacial score (nSPS) is 13.2. The van der Waals surface area contributed by atoms with E-state index >= 15 is 0 Å². The molecular weight excluding hydrogens is 393 g/mol. The van der Waals surface area contributed by atoms with Crippen molar-refractivity contribution < 1.29 is 9.84 Å². The summed E-state index contributed by atoms with van der Waals surface area (Å²) in [5, 5.41) is 16.3. The Hall–Kier alpha value is -0.0800. The molecule has 22 heavy (non-hydrogen) atoms. The van der Waals surface area contributed by atoms with Crippen LogP contribution in [-0.2, 0) is 4.74 Å². The van der Waals surface area contributed by atoms with Crippen molar-refractivity contribution in [3.8, 4) is 0 Å². The average molecular weight is 429 g/mol. The number of hydrogen-bond acceptors (Lipinski definition) is 3. The van der Waals surface area contributed by atoms with Crippen LogP contribution >= 0.6 is 24.0 Å². The summed E-state index contributed by atoms with van der Waals surface area (Å²) in [6.07, 6.45) is 1.77. The Labute approximate surface area is 153 Å². The third-order valence-corrected chi connectivity index (χ3v) is 3.27. The first-order valence-corrected chi connectivity index (χ1v) is 8.31. The Morgan fingerprint density at radius 1 is 1.09 bits per heavy atom. The van der Waals surface area contributed by atoms with E-state index in [0.29, 0.717) is 31.6 Å². The van der Waals surface area contributed by atoms with E-state index in [1.807, 2.05) is 6.92 Å². The Morgan fingerprint density at radius 3 is 2.23 bits per heavy atom. The maximum Gasteiger partial charge on any atom is 0.191 e. The predicted octanol–water partition coefficient (Wildman–Crippen LogP) is 2.63. The Kier molecular flexibility index (Phi) is 17.4. The van der Waals surface area contributed by atoms with Crippen LogP contribution in [0.1, 0.15) is 47.5 Å². The zero-order chi connectivity index (χ0) is 16.1. The summed E-state index contributed by atoms with van der Waals surface area (Å²) in [6.45, 7) is 13.7. The molecule has 0 aliphatic rings. The number of aliphatic imine (C=N–C) groups is 1. The number of aliphatic hydroxyl groups excluding tert-OH is 1. The summed E-state index contributed by atoms with van der Waals surface area (Å²) >= 11 is 0. The van der Waals surface area contributed by atoms with E-state index in [9.17, 15) is 5.11 Å². The number of rotatable bonds is 11. The number of nitrogens with one attached hydrogen (secondary N) is 2. The van der Waals surface area contributed by atoms with Crippen molar-refractivity contribution in [1.82, 2.24) is 10.6 Å². The van der Waals surface area contributed by atoms with Gasteiger partial charge in [0, 0.05) is 26.2 Å². The number of ether oxygens (including phenoxy) is 1. The van der Waals surface area contributed by atoms with Gasteiger partial charge in [0.2, 0.25) is 0 Å². The molecule has 0 aromatic heterocycles. The summed E-state index contributed by atoms with van der Waals surface area (Å²) in [6, 6.07) is 0. The van der Waals surface area contributed by atoms with Crippen molar-refractivity contribution in [3.05, 3.63) is 0 Å². The molecule has 0 aromatic carbocycles. The molecule has 0 aliphatic carbocycles. The van der Waals surface area contributed by atoms with Crippen LogP contribution in [0.5, 0.6) is 0 Å². The highest BCUT2D eigenvalue weighted by Crippen LogP contribution is 2.07. The monoisotopic (exact) mass is 429 g/mol. The topological polar surface area (TPSA) is 65.9 Å².